The molecule has 0 aliphatic rings. The van der Waals surface area contributed by atoms with Gasteiger partial charge in [0.2, 0.25) is 5.91 Å². The van der Waals surface area contributed by atoms with E-state index >= 15 is 0 Å². The van der Waals surface area contributed by atoms with Crippen molar-refractivity contribution in [2.45, 2.75) is 32.6 Å². The van der Waals surface area contributed by atoms with Crippen LogP contribution in [0.2, 0.25) is 0 Å². The van der Waals surface area contributed by atoms with Crippen molar-refractivity contribution in [1.29, 1.82) is 0 Å². The quantitative estimate of drug-likeness (QED) is 0.584. The van der Waals surface area contributed by atoms with Crippen molar-refractivity contribution >= 4 is 17.6 Å². The van der Waals surface area contributed by atoms with Crippen molar-refractivity contribution in [3.05, 3.63) is 65.7 Å². The monoisotopic (exact) mass is 325 g/mol. The second-order valence-electron chi connectivity index (χ2n) is 5.60. The van der Waals surface area contributed by atoms with Crippen molar-refractivity contribution in [3.8, 4) is 0 Å². The summed E-state index contributed by atoms with van der Waals surface area (Å²) in [4.78, 5) is 24.0. The van der Waals surface area contributed by atoms with Gasteiger partial charge in [-0.15, -0.1) is 0 Å². The van der Waals surface area contributed by atoms with Gasteiger partial charge >= 0.3 is 5.97 Å². The Bertz CT molecular complexity index is 668. The summed E-state index contributed by atoms with van der Waals surface area (Å²) in [5.41, 5.74) is 2.19. The molecule has 0 atom stereocenters. The van der Waals surface area contributed by atoms with E-state index in [-0.39, 0.29) is 11.9 Å². The molecule has 0 aliphatic heterocycles. The molecule has 1 N–H and O–H groups in total. The van der Waals surface area contributed by atoms with Crippen molar-refractivity contribution < 1.29 is 14.3 Å². The molecule has 0 aliphatic carbocycles. The van der Waals surface area contributed by atoms with Gasteiger partial charge in [0.15, 0.2) is 0 Å². The second-order valence-corrected chi connectivity index (χ2v) is 5.60. The van der Waals surface area contributed by atoms with Crippen LogP contribution in [0.1, 0.15) is 42.1 Å². The molecule has 0 fully saturated rings. The number of hydrogen-bond acceptors (Lipinski definition) is 3. The maximum absolute atomic E-state index is 12.1. The molecule has 0 radical (unpaired) electrons. The summed E-state index contributed by atoms with van der Waals surface area (Å²) < 4.78 is 5.18. The van der Waals surface area contributed by atoms with Gasteiger partial charge in [-0.05, 0) is 36.6 Å². The van der Waals surface area contributed by atoms with Gasteiger partial charge in [-0.3, -0.25) is 4.79 Å². The number of rotatable bonds is 8. The maximum atomic E-state index is 12.1. The molecule has 0 aromatic heterocycles. The first-order chi connectivity index (χ1) is 11.7. The maximum Gasteiger partial charge on any atom is 0.338 e. The van der Waals surface area contributed by atoms with E-state index in [0.717, 1.165) is 18.4 Å². The zero-order valence-electron chi connectivity index (χ0n) is 14.0. The average Bonchev–Trinajstić information content (AvgIpc) is 2.61. The third-order valence-corrected chi connectivity index (χ3v) is 3.60. The summed E-state index contributed by atoms with van der Waals surface area (Å²) in [5, 5.41) is 2.83. The Labute approximate surface area is 142 Å². The zero-order chi connectivity index (χ0) is 17.2. The van der Waals surface area contributed by atoms with Crippen molar-refractivity contribution in [2.75, 3.05) is 11.9 Å². The zero-order valence-corrected chi connectivity index (χ0v) is 14.0. The smallest absolute Gasteiger partial charge is 0.338 e. The van der Waals surface area contributed by atoms with Gasteiger partial charge in [0.05, 0.1) is 12.2 Å². The number of amides is 1. The molecule has 2 rings (SSSR count). The van der Waals surface area contributed by atoms with Crippen molar-refractivity contribution in [1.82, 2.24) is 0 Å². The number of unbranched alkanes of at least 4 members (excludes halogenated alkanes) is 1. The Morgan fingerprint density at radius 1 is 1.04 bits per heavy atom. The highest BCUT2D eigenvalue weighted by atomic mass is 16.5. The summed E-state index contributed by atoms with van der Waals surface area (Å²) >= 11 is 0. The fourth-order valence-corrected chi connectivity index (χ4v) is 2.24. The number of hydrogen-bond donors (Lipinski definition) is 1. The summed E-state index contributed by atoms with van der Waals surface area (Å²) in [6.07, 6.45) is 2.91. The Balaban J connectivity index is 1.86. The van der Waals surface area contributed by atoms with E-state index in [4.69, 9.17) is 4.74 Å². The molecule has 0 unspecified atom stereocenters. The van der Waals surface area contributed by atoms with Crippen LogP contribution in [-0.4, -0.2) is 18.5 Å². The molecule has 0 saturated heterocycles. The number of anilines is 1. The first-order valence-electron chi connectivity index (χ1n) is 8.30. The minimum atomic E-state index is -0.358. The third-order valence-electron chi connectivity index (χ3n) is 3.60. The van der Waals surface area contributed by atoms with Gasteiger partial charge in [0.25, 0.3) is 0 Å². The van der Waals surface area contributed by atoms with Gasteiger partial charge in [0, 0.05) is 12.1 Å². The van der Waals surface area contributed by atoms with Crippen LogP contribution >= 0.6 is 0 Å². The lowest BCUT2D eigenvalue weighted by Crippen LogP contribution is -2.13. The minimum absolute atomic E-state index is 0.0737. The Morgan fingerprint density at radius 2 is 1.83 bits per heavy atom. The molecule has 2 aromatic rings. The first kappa shape index (κ1) is 17.7. The summed E-state index contributed by atoms with van der Waals surface area (Å²) in [7, 11) is 0. The number of nitrogens with one attached hydrogen (secondary N) is 1. The highest BCUT2D eigenvalue weighted by Gasteiger charge is 2.09. The topological polar surface area (TPSA) is 55.4 Å². The lowest BCUT2D eigenvalue weighted by atomic mass is 10.1. The molecular weight excluding hydrogens is 302 g/mol. The summed E-state index contributed by atoms with van der Waals surface area (Å²) in [5.74, 6) is -0.431. The highest BCUT2D eigenvalue weighted by molar-refractivity contribution is 5.94. The third kappa shape index (κ3) is 5.88. The van der Waals surface area contributed by atoms with Crippen LogP contribution in [0, 0.1) is 0 Å². The number of carbonyl (C=O) groups is 2. The average molecular weight is 325 g/mol. The molecule has 2 aromatic carbocycles. The van der Waals surface area contributed by atoms with Gasteiger partial charge in [-0.1, -0.05) is 49.7 Å². The fraction of sp³-hybridized carbons (Fsp3) is 0.300. The first-order valence-corrected chi connectivity index (χ1v) is 8.30. The Kier molecular flexibility index (Phi) is 7.02. The van der Waals surface area contributed by atoms with E-state index in [2.05, 4.69) is 5.32 Å². The summed E-state index contributed by atoms with van der Waals surface area (Å²) in [6, 6.07) is 16.7. The van der Waals surface area contributed by atoms with Gasteiger partial charge in [0.1, 0.15) is 0 Å². The molecule has 1 amide bonds. The van der Waals surface area contributed by atoms with Crippen LogP contribution < -0.4 is 5.32 Å². The Hall–Kier alpha value is -2.62. The number of benzene rings is 2. The number of ether oxygens (including phenoxy) is 1. The lowest BCUT2D eigenvalue weighted by molar-refractivity contribution is -0.116. The number of esters is 1. The van der Waals surface area contributed by atoms with Crippen molar-refractivity contribution in [2.24, 2.45) is 0 Å². The highest BCUT2D eigenvalue weighted by Crippen LogP contribution is 2.13. The molecule has 24 heavy (non-hydrogen) atoms. The minimum Gasteiger partial charge on any atom is -0.462 e. The lowest BCUT2D eigenvalue weighted by Gasteiger charge is -2.08. The van der Waals surface area contributed by atoms with Crippen LogP contribution in [0.3, 0.4) is 0 Å². The van der Waals surface area contributed by atoms with Gasteiger partial charge in [-0.2, -0.15) is 0 Å². The van der Waals surface area contributed by atoms with Gasteiger partial charge in [-0.25, -0.2) is 4.79 Å². The standard InChI is InChI=1S/C20H23NO3/c1-2-3-14-24-20(23)17-10-7-11-18(15-17)21-19(22)13-12-16-8-5-4-6-9-16/h4-11,15H,2-3,12-14H2,1H3,(H,21,22). The van der Waals surface area contributed by atoms with Crippen LogP contribution in [0.15, 0.2) is 54.6 Å². The Morgan fingerprint density at radius 3 is 2.58 bits per heavy atom. The normalized spacial score (nSPS) is 10.2. The van der Waals surface area contributed by atoms with Crippen LogP contribution in [-0.2, 0) is 16.0 Å². The van der Waals surface area contributed by atoms with E-state index in [1.54, 1.807) is 24.3 Å². The fourth-order valence-electron chi connectivity index (χ4n) is 2.24. The number of aryl methyl sites for hydroxylation is 1. The predicted molar refractivity (Wildman–Crippen MR) is 95.0 cm³/mol. The summed E-state index contributed by atoms with van der Waals surface area (Å²) in [6.45, 7) is 2.46. The van der Waals surface area contributed by atoms with Gasteiger partial charge < -0.3 is 10.1 Å². The van der Waals surface area contributed by atoms with E-state index in [1.165, 1.54) is 0 Å². The molecule has 0 saturated carbocycles. The van der Waals surface area contributed by atoms with E-state index < -0.39 is 0 Å². The molecule has 0 heterocycles. The SMILES string of the molecule is CCCCOC(=O)c1cccc(NC(=O)CCc2ccccc2)c1. The van der Waals surface area contributed by atoms with E-state index in [1.807, 2.05) is 37.3 Å². The second kappa shape index (κ2) is 9.50. The van der Waals surface area contributed by atoms with Crippen molar-refractivity contribution in [3.63, 3.8) is 0 Å². The molecule has 4 nitrogen and oxygen atoms in total. The van der Waals surface area contributed by atoms with Crippen LogP contribution in [0.4, 0.5) is 5.69 Å². The van der Waals surface area contributed by atoms with E-state index in [0.29, 0.717) is 30.7 Å². The van der Waals surface area contributed by atoms with Crippen LogP contribution in [0.5, 0.6) is 0 Å². The molecule has 4 heteroatoms. The molecule has 0 spiro atoms. The molecule has 0 bridgehead atoms. The molecular formula is C20H23NO3. The van der Waals surface area contributed by atoms with Crippen LogP contribution in [0.25, 0.3) is 0 Å². The van der Waals surface area contributed by atoms with E-state index in [9.17, 15) is 9.59 Å². The largest absolute Gasteiger partial charge is 0.462 e. The predicted octanol–water partition coefficient (Wildman–Crippen LogP) is 4.21. The number of carbonyl (C=O) groups excluding carboxylic acids is 2. The molecule has 126 valence electrons.